The maximum absolute atomic E-state index is 9.09. The molecule has 0 aliphatic rings. The van der Waals surface area contributed by atoms with E-state index < -0.39 is 18.5 Å². The van der Waals surface area contributed by atoms with Crippen LogP contribution in [-0.4, -0.2) is 60.5 Å². The molecular formula is Br2Cl3Na5O4S2. The van der Waals surface area contributed by atoms with Gasteiger partial charge in [-0.15, -0.1) is 0 Å². The minimum absolute atomic E-state index is 0. The van der Waals surface area contributed by atoms with Crippen LogP contribution in [0.2, 0.25) is 0 Å². The van der Waals surface area contributed by atoms with Gasteiger partial charge >= 0.3 is 151 Å². The second-order valence-corrected chi connectivity index (χ2v) is 2.86. The van der Waals surface area contributed by atoms with E-state index in [4.69, 9.17) is 16.8 Å². The zero-order valence-electron chi connectivity index (χ0n) is 9.34. The van der Waals surface area contributed by atoms with Crippen molar-refractivity contribution in [3.8, 4) is 0 Å². The van der Waals surface area contributed by atoms with Crippen LogP contribution in [0.4, 0.5) is 0 Å². The molecule has 0 unspecified atom stereocenters. The molecule has 0 aromatic carbocycles. The molecule has 0 aromatic rings. The van der Waals surface area contributed by atoms with Crippen molar-refractivity contribution < 1.29 is 152 Å². The van der Waals surface area contributed by atoms with Crippen molar-refractivity contribution in [1.29, 1.82) is 0 Å². The molecule has 0 bridgehead atoms. The molecule has 4 nitrogen and oxygen atoms in total. The van der Waals surface area contributed by atoms with Crippen LogP contribution in [0.25, 0.3) is 0 Å². The van der Waals surface area contributed by atoms with Crippen LogP contribution < -0.4 is 135 Å². The Morgan fingerprint density at radius 2 is 0.750 bits per heavy atom. The van der Waals surface area contributed by atoms with E-state index in [1.54, 1.807) is 0 Å². The van der Waals surface area contributed by atoms with Crippen LogP contribution in [0.15, 0.2) is 0 Å². The van der Waals surface area contributed by atoms with Crippen molar-refractivity contribution in [2.24, 2.45) is 0 Å². The van der Waals surface area contributed by atoms with Crippen LogP contribution in [-0.2, 0) is 18.5 Å². The fourth-order valence-corrected chi connectivity index (χ4v) is 0. The van der Waals surface area contributed by atoms with Crippen LogP contribution in [0.5, 0.6) is 0 Å². The number of hydrogen-bond donors (Lipinski definition) is 0. The molecule has 0 aromatic heterocycles. The molecule has 0 amide bonds. The van der Waals surface area contributed by atoms with Crippen molar-refractivity contribution in [1.82, 2.24) is 0 Å². The molecular weight excluding hydrogens is 509 g/mol. The zero-order valence-corrected chi connectivity index (χ0v) is 26.4. The normalized spacial score (nSPS) is 3.62. The topological polar surface area (TPSA) is 68.3 Å². The molecule has 76 valence electrons. The number of hydrogen-bond acceptors (Lipinski definition) is 4. The summed E-state index contributed by atoms with van der Waals surface area (Å²) in [6, 6.07) is 0. The molecule has 0 heterocycles. The SMILES string of the molecule is ClCl.O=S(=O)=S(=O)=O.[Br-].[Br-].[Cl-].[Na+].[Na+].[Na+].[Na][Na]. The summed E-state index contributed by atoms with van der Waals surface area (Å²) in [5.74, 6) is 0. The Kier molecular flexibility index (Phi) is 206. The van der Waals surface area contributed by atoms with Gasteiger partial charge in [0.15, 0.2) is 0 Å². The second kappa shape index (κ2) is 57.9. The van der Waals surface area contributed by atoms with Gasteiger partial charge in [-0.3, -0.25) is 0 Å². The first-order chi connectivity index (χ1) is 4.64. The Labute approximate surface area is 229 Å². The van der Waals surface area contributed by atoms with E-state index in [2.05, 4.69) is 21.7 Å². The minimum atomic E-state index is -2.95. The van der Waals surface area contributed by atoms with Crippen molar-refractivity contribution in [2.75, 3.05) is 0 Å². The molecule has 0 atom stereocenters. The van der Waals surface area contributed by atoms with Crippen LogP contribution in [0.1, 0.15) is 0 Å². The predicted molar refractivity (Wildman–Crippen MR) is 41.1 cm³/mol. The van der Waals surface area contributed by atoms with Gasteiger partial charge in [-0.05, 0) is 0 Å². The van der Waals surface area contributed by atoms with Crippen LogP contribution in [0.3, 0.4) is 0 Å². The monoisotopic (exact) mass is 506 g/mol. The van der Waals surface area contributed by atoms with Gasteiger partial charge in [-0.25, -0.2) is 0 Å². The van der Waals surface area contributed by atoms with E-state index in [0.29, 0.717) is 0 Å². The Morgan fingerprint density at radius 3 is 0.750 bits per heavy atom. The first kappa shape index (κ1) is 57.1. The third-order valence-corrected chi connectivity index (χ3v) is 1.00. The Balaban J connectivity index is -0.00000000643. The first-order valence-electron chi connectivity index (χ1n) is 1.98. The van der Waals surface area contributed by atoms with Gasteiger partial charge < -0.3 is 46.4 Å². The van der Waals surface area contributed by atoms with Crippen LogP contribution >= 0.6 is 21.7 Å². The number of halogens is 5. The van der Waals surface area contributed by atoms with E-state index >= 15 is 0 Å². The van der Waals surface area contributed by atoms with E-state index in [1.165, 1.54) is 43.6 Å². The molecule has 0 spiro atoms. The van der Waals surface area contributed by atoms with Crippen molar-refractivity contribution in [3.05, 3.63) is 0 Å². The summed E-state index contributed by atoms with van der Waals surface area (Å²) >= 11 is 2.89. The van der Waals surface area contributed by atoms with Gasteiger partial charge in [-0.1, -0.05) is 0 Å². The van der Waals surface area contributed by atoms with Crippen molar-refractivity contribution in [3.63, 3.8) is 0 Å². The molecule has 16 heteroatoms. The van der Waals surface area contributed by atoms with E-state index in [1.807, 2.05) is 0 Å². The van der Waals surface area contributed by atoms with Crippen molar-refractivity contribution >= 4 is 83.9 Å². The summed E-state index contributed by atoms with van der Waals surface area (Å²) in [6.45, 7) is 0. The quantitative estimate of drug-likeness (QED) is 0.305. The molecule has 0 rings (SSSR count). The van der Waals surface area contributed by atoms with E-state index in [0.717, 1.165) is 0 Å². The third-order valence-electron chi connectivity index (χ3n) is 0.111. The molecule has 0 radical (unpaired) electrons. The van der Waals surface area contributed by atoms with Crippen molar-refractivity contribution in [2.45, 2.75) is 0 Å². The van der Waals surface area contributed by atoms with Gasteiger partial charge in [0.1, 0.15) is 0 Å². The molecule has 0 saturated carbocycles. The zero-order chi connectivity index (χ0) is 9.15. The summed E-state index contributed by atoms with van der Waals surface area (Å²) in [5.41, 5.74) is 0. The average molecular weight is 509 g/mol. The molecule has 0 fully saturated rings. The maximum atomic E-state index is 9.09. The summed E-state index contributed by atoms with van der Waals surface area (Å²) in [4.78, 5) is 0. The molecule has 16 heavy (non-hydrogen) atoms. The Morgan fingerprint density at radius 1 is 0.688 bits per heavy atom. The molecule has 0 N–H and O–H groups in total. The molecule has 0 saturated heterocycles. The van der Waals surface area contributed by atoms with Gasteiger partial charge in [0.25, 0.3) is 0 Å². The van der Waals surface area contributed by atoms with Crippen LogP contribution in [0, 0.1) is 0 Å². The fraction of sp³-hybridized carbons (Fsp3) is 0. The molecule has 0 aliphatic carbocycles. The Bertz CT molecular complexity index is 221. The first-order valence-corrected chi connectivity index (χ1v) is 13.8. The van der Waals surface area contributed by atoms with Gasteiger partial charge in [0.2, 0.25) is 0 Å². The summed E-state index contributed by atoms with van der Waals surface area (Å²) in [5, 5.41) is 0. The van der Waals surface area contributed by atoms with Gasteiger partial charge in [0.05, 0.1) is 0 Å². The third kappa shape index (κ3) is 70.8. The van der Waals surface area contributed by atoms with Gasteiger partial charge in [-0.2, -0.15) is 16.8 Å². The number of rotatable bonds is 0. The summed E-state index contributed by atoms with van der Waals surface area (Å²) in [6.07, 6.45) is 0. The van der Waals surface area contributed by atoms with Gasteiger partial charge in [0, 0.05) is 21.7 Å². The summed E-state index contributed by atoms with van der Waals surface area (Å²) < 4.78 is 36.3. The molecule has 0 aliphatic heterocycles. The van der Waals surface area contributed by atoms with E-state index in [9.17, 15) is 0 Å². The second-order valence-electron chi connectivity index (χ2n) is 0.408. The fourth-order valence-electron chi connectivity index (χ4n) is 0. The van der Waals surface area contributed by atoms with E-state index in [-0.39, 0.29) is 135 Å². The predicted octanol–water partition coefficient (Wildman–Crippen LogP) is -18.7. The summed E-state index contributed by atoms with van der Waals surface area (Å²) in [7, 11) is 2.32. The average Bonchev–Trinajstić information content (AvgIpc) is 1.96. The standard InChI is InChI=1S/2BrH.Cl2.ClH.5Na.O4S2/c;;1-2;;;;;;;1-5(2)6(3)4/h2*1H;;1H;;;;;;/q;;;;;;3*+1;/p-3. The Hall–Kier alpha value is 6.47.